The second-order valence-electron chi connectivity index (χ2n) is 3.93. The van der Waals surface area contributed by atoms with Gasteiger partial charge in [0.25, 0.3) is 11.8 Å². The second kappa shape index (κ2) is 5.41. The fraction of sp³-hybridized carbons (Fsp3) is 0.250. The van der Waals surface area contributed by atoms with Crippen LogP contribution in [0.5, 0.6) is 0 Å². The number of carbonyl (C=O) groups is 3. The third-order valence-corrected chi connectivity index (χ3v) is 3.85. The molecule has 0 unspecified atom stereocenters. The van der Waals surface area contributed by atoms with Crippen LogP contribution in [-0.2, 0) is 4.79 Å². The number of aliphatic carboxylic acids is 1. The van der Waals surface area contributed by atoms with Crippen LogP contribution >= 0.6 is 11.9 Å². The molecule has 0 saturated heterocycles. The Bertz CT molecular complexity index is 511. The summed E-state index contributed by atoms with van der Waals surface area (Å²) in [4.78, 5) is 34.8. The van der Waals surface area contributed by atoms with Gasteiger partial charge in [0.1, 0.15) is 6.04 Å². The fourth-order valence-electron chi connectivity index (χ4n) is 1.71. The molecule has 2 N–H and O–H groups in total. The molecule has 0 spiro atoms. The standard InChI is InChI=1S/C12H12N2O4S/c1-13-9(12(17)18)6-19-14-10(15)7-4-2-3-5-8(7)11(14)16/h2-5,9,13H,6H2,1H3,(H,17,18)/t9-/m1/s1. The molecule has 0 bridgehead atoms. The Morgan fingerprint density at radius 1 is 1.32 bits per heavy atom. The van der Waals surface area contributed by atoms with Crippen LogP contribution < -0.4 is 5.32 Å². The van der Waals surface area contributed by atoms with Gasteiger partial charge in [-0.25, -0.2) is 4.31 Å². The van der Waals surface area contributed by atoms with Crippen LogP contribution in [0.2, 0.25) is 0 Å². The Balaban J connectivity index is 2.10. The molecule has 19 heavy (non-hydrogen) atoms. The molecular weight excluding hydrogens is 268 g/mol. The molecule has 1 aromatic rings. The summed E-state index contributed by atoms with van der Waals surface area (Å²) >= 11 is 0.909. The molecule has 0 saturated carbocycles. The van der Waals surface area contributed by atoms with E-state index in [9.17, 15) is 14.4 Å². The number of nitrogens with one attached hydrogen (secondary N) is 1. The molecule has 6 nitrogen and oxygen atoms in total. The molecule has 1 aromatic carbocycles. The largest absolute Gasteiger partial charge is 0.480 e. The average Bonchev–Trinajstić information content (AvgIpc) is 2.64. The highest BCUT2D eigenvalue weighted by molar-refractivity contribution is 7.98. The van der Waals surface area contributed by atoms with E-state index in [-0.39, 0.29) is 5.75 Å². The first-order valence-electron chi connectivity index (χ1n) is 5.57. The number of likely N-dealkylation sites (N-methyl/N-ethyl adjacent to an activating group) is 1. The summed E-state index contributed by atoms with van der Waals surface area (Å²) in [5.74, 6) is -1.72. The van der Waals surface area contributed by atoms with Crippen molar-refractivity contribution in [1.82, 2.24) is 9.62 Å². The van der Waals surface area contributed by atoms with Gasteiger partial charge in [0.2, 0.25) is 0 Å². The maximum Gasteiger partial charge on any atom is 0.321 e. The van der Waals surface area contributed by atoms with Crippen molar-refractivity contribution in [1.29, 1.82) is 0 Å². The van der Waals surface area contributed by atoms with Gasteiger partial charge in [-0.05, 0) is 31.1 Å². The zero-order valence-corrected chi connectivity index (χ0v) is 10.9. The Morgan fingerprint density at radius 2 is 1.84 bits per heavy atom. The monoisotopic (exact) mass is 280 g/mol. The molecule has 1 heterocycles. The lowest BCUT2D eigenvalue weighted by Gasteiger charge is -2.15. The van der Waals surface area contributed by atoms with Crippen LogP contribution in [0.3, 0.4) is 0 Å². The van der Waals surface area contributed by atoms with Gasteiger partial charge >= 0.3 is 5.97 Å². The summed E-state index contributed by atoms with van der Waals surface area (Å²) in [5, 5.41) is 11.5. The number of imide groups is 1. The van der Waals surface area contributed by atoms with E-state index < -0.39 is 23.8 Å². The Morgan fingerprint density at radius 3 is 2.26 bits per heavy atom. The predicted molar refractivity (Wildman–Crippen MR) is 69.9 cm³/mol. The molecule has 100 valence electrons. The molecular formula is C12H12N2O4S. The van der Waals surface area contributed by atoms with Gasteiger partial charge < -0.3 is 10.4 Å². The van der Waals surface area contributed by atoms with E-state index in [1.807, 2.05) is 0 Å². The predicted octanol–water partition coefficient (Wildman–Crippen LogP) is 0.603. The minimum absolute atomic E-state index is 0.0945. The SMILES string of the molecule is CN[C@H](CSN1C(=O)c2ccccc2C1=O)C(=O)O. The smallest absolute Gasteiger partial charge is 0.321 e. The molecule has 0 aliphatic carbocycles. The van der Waals surface area contributed by atoms with Gasteiger partial charge in [0.15, 0.2) is 0 Å². The molecule has 0 radical (unpaired) electrons. The number of hydrogen-bond donors (Lipinski definition) is 2. The van der Waals surface area contributed by atoms with Crippen LogP contribution in [0.15, 0.2) is 24.3 Å². The Labute approximate surface area is 113 Å². The summed E-state index contributed by atoms with van der Waals surface area (Å²) in [6, 6.07) is 5.73. The minimum Gasteiger partial charge on any atom is -0.480 e. The first kappa shape index (κ1) is 13.6. The number of carboxylic acid groups (broad SMARTS) is 1. The summed E-state index contributed by atoms with van der Waals surface area (Å²) in [6.07, 6.45) is 0. The summed E-state index contributed by atoms with van der Waals surface area (Å²) in [7, 11) is 1.52. The lowest BCUT2D eigenvalue weighted by atomic mass is 10.1. The molecule has 1 aliphatic heterocycles. The normalized spacial score (nSPS) is 15.5. The van der Waals surface area contributed by atoms with Crippen LogP contribution in [0.25, 0.3) is 0 Å². The number of rotatable bonds is 5. The van der Waals surface area contributed by atoms with Gasteiger partial charge in [0.05, 0.1) is 11.1 Å². The van der Waals surface area contributed by atoms with E-state index in [0.29, 0.717) is 11.1 Å². The number of amides is 2. The number of nitrogens with zero attached hydrogens (tertiary/aromatic N) is 1. The number of carboxylic acids is 1. The molecule has 1 atom stereocenters. The maximum absolute atomic E-state index is 12.0. The second-order valence-corrected chi connectivity index (χ2v) is 4.88. The van der Waals surface area contributed by atoms with E-state index in [1.165, 1.54) is 7.05 Å². The van der Waals surface area contributed by atoms with Crippen LogP contribution in [0.4, 0.5) is 0 Å². The van der Waals surface area contributed by atoms with Crippen molar-refractivity contribution in [2.24, 2.45) is 0 Å². The van der Waals surface area contributed by atoms with Crippen molar-refractivity contribution >= 4 is 29.7 Å². The van der Waals surface area contributed by atoms with Gasteiger partial charge in [-0.1, -0.05) is 12.1 Å². The van der Waals surface area contributed by atoms with E-state index >= 15 is 0 Å². The van der Waals surface area contributed by atoms with E-state index in [1.54, 1.807) is 24.3 Å². The van der Waals surface area contributed by atoms with Gasteiger partial charge in [-0.2, -0.15) is 0 Å². The quantitative estimate of drug-likeness (QED) is 0.607. The zero-order chi connectivity index (χ0) is 14.0. The summed E-state index contributed by atoms with van der Waals surface area (Å²) in [6.45, 7) is 0. The molecule has 0 aromatic heterocycles. The zero-order valence-electron chi connectivity index (χ0n) is 10.1. The first-order valence-corrected chi connectivity index (χ1v) is 6.51. The fourth-order valence-corrected chi connectivity index (χ4v) is 2.75. The van der Waals surface area contributed by atoms with E-state index in [2.05, 4.69) is 5.32 Å². The van der Waals surface area contributed by atoms with Crippen LogP contribution in [-0.4, -0.2) is 46.0 Å². The van der Waals surface area contributed by atoms with Gasteiger partial charge in [0, 0.05) is 5.75 Å². The molecule has 1 aliphatic rings. The topological polar surface area (TPSA) is 86.7 Å². The highest BCUT2D eigenvalue weighted by Crippen LogP contribution is 2.28. The molecule has 7 heteroatoms. The van der Waals surface area contributed by atoms with Crippen molar-refractivity contribution in [3.8, 4) is 0 Å². The summed E-state index contributed by atoms with van der Waals surface area (Å²) < 4.78 is 1.01. The lowest BCUT2D eigenvalue weighted by Crippen LogP contribution is -2.38. The third-order valence-electron chi connectivity index (χ3n) is 2.77. The third kappa shape index (κ3) is 2.47. The highest BCUT2D eigenvalue weighted by Gasteiger charge is 2.36. The van der Waals surface area contributed by atoms with Crippen molar-refractivity contribution in [3.05, 3.63) is 35.4 Å². The highest BCUT2D eigenvalue weighted by atomic mass is 32.2. The van der Waals surface area contributed by atoms with Gasteiger partial charge in [-0.3, -0.25) is 14.4 Å². The van der Waals surface area contributed by atoms with Crippen LogP contribution in [0, 0.1) is 0 Å². The number of fused-ring (bicyclic) bond motifs is 1. The number of benzene rings is 1. The van der Waals surface area contributed by atoms with E-state index in [4.69, 9.17) is 5.11 Å². The van der Waals surface area contributed by atoms with Gasteiger partial charge in [-0.15, -0.1) is 0 Å². The average molecular weight is 280 g/mol. The molecule has 0 fully saturated rings. The van der Waals surface area contributed by atoms with Crippen molar-refractivity contribution in [3.63, 3.8) is 0 Å². The Hall–Kier alpha value is -1.86. The number of carbonyl (C=O) groups excluding carboxylic acids is 2. The summed E-state index contributed by atoms with van der Waals surface area (Å²) in [5.41, 5.74) is 0.715. The maximum atomic E-state index is 12.0. The van der Waals surface area contributed by atoms with Crippen molar-refractivity contribution in [2.75, 3.05) is 12.8 Å². The van der Waals surface area contributed by atoms with Crippen LogP contribution in [0.1, 0.15) is 20.7 Å². The Kier molecular flexibility index (Phi) is 3.87. The lowest BCUT2D eigenvalue weighted by molar-refractivity contribution is -0.138. The van der Waals surface area contributed by atoms with Crippen molar-refractivity contribution in [2.45, 2.75) is 6.04 Å². The first-order chi connectivity index (χ1) is 9.06. The molecule has 2 rings (SSSR count). The van der Waals surface area contributed by atoms with E-state index in [0.717, 1.165) is 16.3 Å². The minimum atomic E-state index is -1.02. The van der Waals surface area contributed by atoms with Crippen molar-refractivity contribution < 1.29 is 19.5 Å². The molecule has 2 amide bonds. The number of hydrogen-bond acceptors (Lipinski definition) is 5.